The maximum atomic E-state index is 12.4. The molecule has 2 aromatic carbocycles. The van der Waals surface area contributed by atoms with Crippen LogP contribution in [0.3, 0.4) is 0 Å². The SMILES string of the molecule is COc1ccc(CNC(=O)C(C)OC(=O)c2ccc(CN3CCCCC3)cc2)cc1. The van der Waals surface area contributed by atoms with Crippen LogP contribution < -0.4 is 10.1 Å². The largest absolute Gasteiger partial charge is 0.497 e. The summed E-state index contributed by atoms with van der Waals surface area (Å²) in [5.41, 5.74) is 2.57. The van der Waals surface area contributed by atoms with Crippen LogP contribution in [0.25, 0.3) is 0 Å². The Hall–Kier alpha value is -2.86. The number of rotatable bonds is 8. The minimum Gasteiger partial charge on any atom is -0.497 e. The van der Waals surface area contributed by atoms with Gasteiger partial charge in [0, 0.05) is 13.1 Å². The molecule has 0 aromatic heterocycles. The van der Waals surface area contributed by atoms with Crippen molar-refractivity contribution in [3.63, 3.8) is 0 Å². The summed E-state index contributed by atoms with van der Waals surface area (Å²) in [5.74, 6) is -0.0678. The zero-order valence-electron chi connectivity index (χ0n) is 17.7. The molecule has 1 aliphatic heterocycles. The average molecular weight is 411 g/mol. The minimum atomic E-state index is -0.872. The lowest BCUT2D eigenvalue weighted by molar-refractivity contribution is -0.129. The first-order chi connectivity index (χ1) is 14.5. The zero-order chi connectivity index (χ0) is 21.3. The number of piperidine rings is 1. The normalized spacial score (nSPS) is 15.3. The maximum absolute atomic E-state index is 12.4. The fourth-order valence-electron chi connectivity index (χ4n) is 3.48. The first kappa shape index (κ1) is 21.8. The number of nitrogens with zero attached hydrogens (tertiary/aromatic N) is 1. The number of carbonyl (C=O) groups is 2. The molecule has 6 heteroatoms. The molecular formula is C24H30N2O4. The Morgan fingerprint density at radius 2 is 1.60 bits per heavy atom. The van der Waals surface area contributed by atoms with Crippen molar-refractivity contribution in [3.8, 4) is 5.75 Å². The summed E-state index contributed by atoms with van der Waals surface area (Å²) in [4.78, 5) is 27.1. The summed E-state index contributed by atoms with van der Waals surface area (Å²) >= 11 is 0. The van der Waals surface area contributed by atoms with Gasteiger partial charge in [-0.3, -0.25) is 9.69 Å². The second kappa shape index (κ2) is 10.8. The number of amides is 1. The van der Waals surface area contributed by atoms with E-state index in [1.54, 1.807) is 26.2 Å². The second-order valence-electron chi connectivity index (χ2n) is 7.65. The van der Waals surface area contributed by atoms with Crippen LogP contribution in [0.2, 0.25) is 0 Å². The molecule has 6 nitrogen and oxygen atoms in total. The Kier molecular flexibility index (Phi) is 7.85. The third kappa shape index (κ3) is 6.32. The Labute approximate surface area is 178 Å². The molecule has 160 valence electrons. The summed E-state index contributed by atoms with van der Waals surface area (Å²) in [7, 11) is 1.61. The molecule has 1 atom stereocenters. The van der Waals surface area contributed by atoms with E-state index in [1.807, 2.05) is 36.4 Å². The van der Waals surface area contributed by atoms with Gasteiger partial charge in [0.2, 0.25) is 0 Å². The number of hydrogen-bond acceptors (Lipinski definition) is 5. The van der Waals surface area contributed by atoms with E-state index in [1.165, 1.54) is 24.8 Å². The molecule has 0 bridgehead atoms. The predicted octanol–water partition coefficient (Wildman–Crippen LogP) is 3.54. The summed E-state index contributed by atoms with van der Waals surface area (Å²) in [5, 5.41) is 2.79. The molecular weight excluding hydrogens is 380 g/mol. The number of methoxy groups -OCH3 is 1. The van der Waals surface area contributed by atoms with E-state index in [2.05, 4.69) is 10.2 Å². The molecule has 3 rings (SSSR count). The van der Waals surface area contributed by atoms with Crippen LogP contribution in [-0.2, 0) is 22.6 Å². The van der Waals surface area contributed by atoms with Crippen LogP contribution in [0.15, 0.2) is 48.5 Å². The molecule has 1 saturated heterocycles. The highest BCUT2D eigenvalue weighted by atomic mass is 16.5. The van der Waals surface area contributed by atoms with E-state index < -0.39 is 12.1 Å². The van der Waals surface area contributed by atoms with Gasteiger partial charge >= 0.3 is 5.97 Å². The van der Waals surface area contributed by atoms with E-state index in [-0.39, 0.29) is 5.91 Å². The highest BCUT2D eigenvalue weighted by Gasteiger charge is 2.19. The Bertz CT molecular complexity index is 827. The molecule has 1 heterocycles. The summed E-state index contributed by atoms with van der Waals surface area (Å²) in [6.45, 7) is 5.10. The fourth-order valence-corrected chi connectivity index (χ4v) is 3.48. The molecule has 1 aliphatic rings. The van der Waals surface area contributed by atoms with Gasteiger partial charge in [0.15, 0.2) is 6.10 Å². The highest BCUT2D eigenvalue weighted by Crippen LogP contribution is 2.15. The maximum Gasteiger partial charge on any atom is 0.338 e. The number of ether oxygens (including phenoxy) is 2. The van der Waals surface area contributed by atoms with Crippen molar-refractivity contribution < 1.29 is 19.1 Å². The van der Waals surface area contributed by atoms with E-state index in [9.17, 15) is 9.59 Å². The summed E-state index contributed by atoms with van der Waals surface area (Å²) < 4.78 is 10.4. The van der Waals surface area contributed by atoms with Gasteiger partial charge in [-0.1, -0.05) is 30.7 Å². The molecule has 2 aromatic rings. The van der Waals surface area contributed by atoms with Gasteiger partial charge in [-0.2, -0.15) is 0 Å². The minimum absolute atomic E-state index is 0.333. The molecule has 30 heavy (non-hydrogen) atoms. The first-order valence-corrected chi connectivity index (χ1v) is 10.5. The topological polar surface area (TPSA) is 67.9 Å². The fraction of sp³-hybridized carbons (Fsp3) is 0.417. The molecule has 1 N–H and O–H groups in total. The van der Waals surface area contributed by atoms with Crippen LogP contribution >= 0.6 is 0 Å². The van der Waals surface area contributed by atoms with Gasteiger partial charge in [0.1, 0.15) is 5.75 Å². The quantitative estimate of drug-likeness (QED) is 0.674. The van der Waals surface area contributed by atoms with Crippen molar-refractivity contribution in [2.24, 2.45) is 0 Å². The van der Waals surface area contributed by atoms with Crippen molar-refractivity contribution in [2.75, 3.05) is 20.2 Å². The molecule has 1 unspecified atom stereocenters. The lowest BCUT2D eigenvalue weighted by Gasteiger charge is -2.26. The van der Waals surface area contributed by atoms with Gasteiger partial charge in [0.25, 0.3) is 5.91 Å². The van der Waals surface area contributed by atoms with E-state index in [0.717, 1.165) is 30.9 Å². The first-order valence-electron chi connectivity index (χ1n) is 10.5. The van der Waals surface area contributed by atoms with Crippen LogP contribution in [-0.4, -0.2) is 43.1 Å². The van der Waals surface area contributed by atoms with Crippen molar-refractivity contribution in [1.29, 1.82) is 0 Å². The molecule has 0 spiro atoms. The lowest BCUT2D eigenvalue weighted by Crippen LogP contribution is -2.35. The number of benzene rings is 2. The van der Waals surface area contributed by atoms with Crippen molar-refractivity contribution in [2.45, 2.75) is 45.4 Å². The van der Waals surface area contributed by atoms with E-state index in [4.69, 9.17) is 9.47 Å². The number of nitrogens with one attached hydrogen (secondary N) is 1. The van der Waals surface area contributed by atoms with Crippen LogP contribution in [0.1, 0.15) is 47.7 Å². The Morgan fingerprint density at radius 1 is 0.967 bits per heavy atom. The van der Waals surface area contributed by atoms with Gasteiger partial charge in [-0.05, 0) is 68.2 Å². The summed E-state index contributed by atoms with van der Waals surface area (Å²) in [6, 6.07) is 14.9. The molecule has 0 saturated carbocycles. The van der Waals surface area contributed by atoms with Gasteiger partial charge in [-0.25, -0.2) is 4.79 Å². The van der Waals surface area contributed by atoms with Crippen molar-refractivity contribution in [1.82, 2.24) is 10.2 Å². The number of esters is 1. The average Bonchev–Trinajstić information content (AvgIpc) is 2.79. The van der Waals surface area contributed by atoms with Crippen LogP contribution in [0.5, 0.6) is 5.75 Å². The van der Waals surface area contributed by atoms with E-state index >= 15 is 0 Å². The number of likely N-dealkylation sites (tertiary alicyclic amines) is 1. The monoisotopic (exact) mass is 410 g/mol. The zero-order valence-corrected chi connectivity index (χ0v) is 17.7. The third-order valence-corrected chi connectivity index (χ3v) is 5.32. The van der Waals surface area contributed by atoms with Gasteiger partial charge in [-0.15, -0.1) is 0 Å². The van der Waals surface area contributed by atoms with Gasteiger partial charge < -0.3 is 14.8 Å². The molecule has 1 fully saturated rings. The predicted molar refractivity (Wildman–Crippen MR) is 115 cm³/mol. The molecule has 1 amide bonds. The number of carbonyl (C=O) groups excluding carboxylic acids is 2. The highest BCUT2D eigenvalue weighted by molar-refractivity contribution is 5.92. The third-order valence-electron chi connectivity index (χ3n) is 5.32. The summed E-state index contributed by atoms with van der Waals surface area (Å²) in [6.07, 6.45) is 2.95. The van der Waals surface area contributed by atoms with Crippen LogP contribution in [0, 0.1) is 0 Å². The smallest absolute Gasteiger partial charge is 0.338 e. The van der Waals surface area contributed by atoms with Crippen LogP contribution in [0.4, 0.5) is 0 Å². The van der Waals surface area contributed by atoms with Crippen molar-refractivity contribution >= 4 is 11.9 Å². The number of hydrogen-bond donors (Lipinski definition) is 1. The lowest BCUT2D eigenvalue weighted by atomic mass is 10.1. The molecule has 0 radical (unpaired) electrons. The second-order valence-corrected chi connectivity index (χ2v) is 7.65. The van der Waals surface area contributed by atoms with E-state index in [0.29, 0.717) is 12.1 Å². The Morgan fingerprint density at radius 3 is 2.23 bits per heavy atom. The van der Waals surface area contributed by atoms with Gasteiger partial charge in [0.05, 0.1) is 12.7 Å². The van der Waals surface area contributed by atoms with Crippen molar-refractivity contribution in [3.05, 3.63) is 65.2 Å². The standard InChI is InChI=1S/C24H30N2O4/c1-18(23(27)25-16-19-8-12-22(29-2)13-9-19)30-24(28)21-10-6-20(7-11-21)17-26-14-4-3-5-15-26/h6-13,18H,3-5,14-17H2,1-2H3,(H,25,27). The molecule has 0 aliphatic carbocycles. The Balaban J connectivity index is 1.45.